The van der Waals surface area contributed by atoms with Crippen molar-refractivity contribution in [3.63, 3.8) is 0 Å². The second-order valence-electron chi connectivity index (χ2n) is 6.63. The van der Waals surface area contributed by atoms with Crippen molar-refractivity contribution >= 4 is 11.7 Å². The van der Waals surface area contributed by atoms with Gasteiger partial charge in [0.1, 0.15) is 0 Å². The lowest BCUT2D eigenvalue weighted by molar-refractivity contribution is -0.137. The summed E-state index contributed by atoms with van der Waals surface area (Å²) in [5, 5.41) is 16.2. The van der Waals surface area contributed by atoms with Crippen LogP contribution in [-0.4, -0.2) is 20.9 Å². The summed E-state index contributed by atoms with van der Waals surface area (Å²) < 4.78 is 39.4. The molecule has 1 unspecified atom stereocenters. The molecule has 152 valence electrons. The summed E-state index contributed by atoms with van der Waals surface area (Å²) in [6.07, 6.45) is -0.925. The van der Waals surface area contributed by atoms with E-state index in [2.05, 4.69) is 17.3 Å². The molecule has 0 radical (unpaired) electrons. The zero-order valence-corrected chi connectivity index (χ0v) is 15.6. The first-order valence-electron chi connectivity index (χ1n) is 9.10. The highest BCUT2D eigenvalue weighted by Crippen LogP contribution is 2.29. The molecular weight excluding hydrogens is 383 g/mol. The monoisotopic (exact) mass is 403 g/mol. The predicted molar refractivity (Wildman–Crippen MR) is 103 cm³/mol. The van der Waals surface area contributed by atoms with Gasteiger partial charge in [0.2, 0.25) is 0 Å². The summed E-state index contributed by atoms with van der Waals surface area (Å²) in [6, 6.07) is 13.6. The molecule has 1 aromatic heterocycles. The van der Waals surface area contributed by atoms with Gasteiger partial charge in [0.15, 0.2) is 0 Å². The normalized spacial score (nSPS) is 12.6. The molecule has 0 saturated heterocycles. The van der Waals surface area contributed by atoms with Gasteiger partial charge in [-0.1, -0.05) is 25.5 Å². The highest BCUT2D eigenvalue weighted by atomic mass is 19.4. The van der Waals surface area contributed by atoms with Crippen LogP contribution in [-0.2, 0) is 6.18 Å². The first-order valence-corrected chi connectivity index (χ1v) is 9.10. The van der Waals surface area contributed by atoms with Crippen LogP contribution >= 0.6 is 0 Å². The Kier molecular flexibility index (Phi) is 5.91. The molecule has 0 amide bonds. The SMILES string of the molecule is CCCC(Nc1ccc(-n2cc(C(F)(F)F)cn2)cc1)c1ccc(C(=O)O)cc1. The fourth-order valence-corrected chi connectivity index (χ4v) is 2.99. The van der Waals surface area contributed by atoms with Crippen molar-refractivity contribution < 1.29 is 23.1 Å². The van der Waals surface area contributed by atoms with Crippen molar-refractivity contribution in [3.8, 4) is 5.69 Å². The minimum atomic E-state index is -4.43. The Morgan fingerprint density at radius 3 is 2.31 bits per heavy atom. The molecule has 3 aromatic rings. The molecule has 29 heavy (non-hydrogen) atoms. The predicted octanol–water partition coefficient (Wildman–Crippen LogP) is 5.54. The van der Waals surface area contributed by atoms with Crippen LogP contribution < -0.4 is 5.32 Å². The van der Waals surface area contributed by atoms with Gasteiger partial charge in [0, 0.05) is 11.9 Å². The van der Waals surface area contributed by atoms with E-state index < -0.39 is 17.7 Å². The van der Waals surface area contributed by atoms with Crippen LogP contribution in [0, 0.1) is 0 Å². The Morgan fingerprint density at radius 1 is 1.14 bits per heavy atom. The fourth-order valence-electron chi connectivity index (χ4n) is 2.99. The molecule has 5 nitrogen and oxygen atoms in total. The third kappa shape index (κ3) is 4.96. The third-order valence-corrected chi connectivity index (χ3v) is 4.52. The molecule has 0 aliphatic rings. The number of nitrogens with one attached hydrogen (secondary N) is 1. The van der Waals surface area contributed by atoms with E-state index in [9.17, 15) is 18.0 Å². The van der Waals surface area contributed by atoms with E-state index in [4.69, 9.17) is 5.11 Å². The maximum Gasteiger partial charge on any atom is 0.419 e. The Balaban J connectivity index is 1.75. The van der Waals surface area contributed by atoms with E-state index in [1.165, 1.54) is 4.68 Å². The van der Waals surface area contributed by atoms with Crippen molar-refractivity contribution in [1.29, 1.82) is 0 Å². The third-order valence-electron chi connectivity index (χ3n) is 4.52. The summed E-state index contributed by atoms with van der Waals surface area (Å²) in [7, 11) is 0. The van der Waals surface area contributed by atoms with Crippen LogP contribution in [0.3, 0.4) is 0 Å². The minimum absolute atomic E-state index is 0.0183. The number of benzene rings is 2. The number of aromatic carboxylic acids is 1. The van der Waals surface area contributed by atoms with Crippen molar-refractivity contribution in [1.82, 2.24) is 9.78 Å². The number of halogens is 3. The molecule has 0 aliphatic carbocycles. The standard InChI is InChI=1S/C21H20F3N3O2/c1-2-3-19(14-4-6-15(7-5-14)20(28)29)26-17-8-10-18(11-9-17)27-13-16(12-25-27)21(22,23)24/h4-13,19,26H,2-3H2,1H3,(H,28,29). The number of nitrogens with zero attached hydrogens (tertiary/aromatic N) is 2. The summed E-state index contributed by atoms with van der Waals surface area (Å²) >= 11 is 0. The van der Waals surface area contributed by atoms with Crippen molar-refractivity contribution in [2.75, 3.05) is 5.32 Å². The number of carboxylic acids is 1. The van der Waals surface area contributed by atoms with E-state index in [-0.39, 0.29) is 11.6 Å². The molecule has 0 spiro atoms. The van der Waals surface area contributed by atoms with Gasteiger partial charge in [-0.15, -0.1) is 0 Å². The van der Waals surface area contributed by atoms with Gasteiger partial charge in [-0.2, -0.15) is 18.3 Å². The topological polar surface area (TPSA) is 67.2 Å². The lowest BCUT2D eigenvalue weighted by atomic mass is 10.0. The molecule has 1 atom stereocenters. The molecule has 8 heteroatoms. The van der Waals surface area contributed by atoms with Crippen LogP contribution in [0.25, 0.3) is 5.69 Å². The highest BCUT2D eigenvalue weighted by molar-refractivity contribution is 5.87. The molecule has 3 rings (SSSR count). The Hall–Kier alpha value is -3.29. The van der Waals surface area contributed by atoms with Gasteiger partial charge in [-0.25, -0.2) is 9.48 Å². The van der Waals surface area contributed by atoms with Gasteiger partial charge in [-0.3, -0.25) is 0 Å². The van der Waals surface area contributed by atoms with Crippen molar-refractivity contribution in [3.05, 3.63) is 77.6 Å². The lowest BCUT2D eigenvalue weighted by Gasteiger charge is -2.20. The number of rotatable bonds is 7. The first kappa shape index (κ1) is 20.4. The molecule has 2 aromatic carbocycles. The van der Waals surface area contributed by atoms with Crippen molar-refractivity contribution in [2.45, 2.75) is 32.0 Å². The maximum atomic E-state index is 12.7. The zero-order chi connectivity index (χ0) is 21.0. The number of carbonyl (C=O) groups is 1. The van der Waals surface area contributed by atoms with Crippen LogP contribution in [0.4, 0.5) is 18.9 Å². The average Bonchev–Trinajstić information content (AvgIpc) is 3.19. The number of hydrogen-bond acceptors (Lipinski definition) is 3. The summed E-state index contributed by atoms with van der Waals surface area (Å²) in [6.45, 7) is 2.05. The maximum absolute atomic E-state index is 12.7. The minimum Gasteiger partial charge on any atom is -0.478 e. The molecular formula is C21H20F3N3O2. The Labute approximate surface area is 165 Å². The Bertz CT molecular complexity index is 964. The van der Waals surface area contributed by atoms with Crippen LogP contribution in [0.1, 0.15) is 47.3 Å². The van der Waals surface area contributed by atoms with E-state index in [0.29, 0.717) is 5.69 Å². The van der Waals surface area contributed by atoms with Crippen LogP contribution in [0.15, 0.2) is 60.9 Å². The second kappa shape index (κ2) is 8.38. The quantitative estimate of drug-likeness (QED) is 0.543. The van der Waals surface area contributed by atoms with E-state index in [0.717, 1.165) is 36.5 Å². The van der Waals surface area contributed by atoms with Gasteiger partial charge in [0.25, 0.3) is 0 Å². The molecule has 0 saturated carbocycles. The first-order chi connectivity index (χ1) is 13.8. The summed E-state index contributed by atoms with van der Waals surface area (Å²) in [4.78, 5) is 11.0. The molecule has 0 aliphatic heterocycles. The molecule has 2 N–H and O–H groups in total. The van der Waals surface area contributed by atoms with Crippen LogP contribution in [0.2, 0.25) is 0 Å². The Morgan fingerprint density at radius 2 is 1.79 bits per heavy atom. The van der Waals surface area contributed by atoms with Gasteiger partial charge < -0.3 is 10.4 Å². The second-order valence-corrected chi connectivity index (χ2v) is 6.63. The number of carboxylic acid groups (broad SMARTS) is 1. The summed E-state index contributed by atoms with van der Waals surface area (Å²) in [5.74, 6) is -0.973. The lowest BCUT2D eigenvalue weighted by Crippen LogP contribution is -2.11. The smallest absolute Gasteiger partial charge is 0.419 e. The molecule has 1 heterocycles. The molecule has 0 fully saturated rings. The largest absolute Gasteiger partial charge is 0.478 e. The zero-order valence-electron chi connectivity index (χ0n) is 15.6. The summed E-state index contributed by atoms with van der Waals surface area (Å²) in [5.41, 5.74) is 1.71. The molecule has 0 bridgehead atoms. The highest BCUT2D eigenvalue weighted by Gasteiger charge is 2.32. The van der Waals surface area contributed by atoms with Gasteiger partial charge in [0.05, 0.1) is 29.1 Å². The number of aromatic nitrogens is 2. The fraction of sp³-hybridized carbons (Fsp3) is 0.238. The number of anilines is 1. The number of hydrogen-bond donors (Lipinski definition) is 2. The van der Waals surface area contributed by atoms with E-state index in [1.54, 1.807) is 48.5 Å². The average molecular weight is 403 g/mol. The van der Waals surface area contributed by atoms with Gasteiger partial charge in [-0.05, 0) is 48.4 Å². The van der Waals surface area contributed by atoms with Crippen LogP contribution in [0.5, 0.6) is 0 Å². The number of alkyl halides is 3. The van der Waals surface area contributed by atoms with E-state index >= 15 is 0 Å². The van der Waals surface area contributed by atoms with Gasteiger partial charge >= 0.3 is 12.1 Å². The van der Waals surface area contributed by atoms with E-state index in [1.807, 2.05) is 0 Å². The van der Waals surface area contributed by atoms with Crippen molar-refractivity contribution in [2.24, 2.45) is 0 Å².